The minimum absolute atomic E-state index is 0.139. The number of thioether (sulfide) groups is 1. The Morgan fingerprint density at radius 1 is 1.41 bits per heavy atom. The largest absolute Gasteiger partial charge is 0.481 e. The van der Waals surface area contributed by atoms with Crippen LogP contribution in [0.5, 0.6) is 0 Å². The number of β-lactam (4-membered cyclic amide) rings is 1. The van der Waals surface area contributed by atoms with Gasteiger partial charge in [0.05, 0.1) is 6.26 Å². The number of nitrogens with zero attached hydrogens (tertiary/aromatic N) is 2. The van der Waals surface area contributed by atoms with E-state index in [0.717, 1.165) is 22.0 Å². The van der Waals surface area contributed by atoms with Gasteiger partial charge in [0.1, 0.15) is 23.4 Å². The standard InChI is InChI=1S/C17H16F3N3O8S/c1-8(24)23(9-3-2-4-30-9)10-11(25)22-5-16(14(27)28,7-32-12(10)22)6-31-15(29)21-13(26)17(18,19)20/h2-4,10,12H,5-7H2,1H3,(H,27,28)(H,21,26,29)/t10?,12-,16?/m1/s1. The number of carboxylic acids is 1. The van der Waals surface area contributed by atoms with E-state index in [1.165, 1.54) is 30.2 Å². The van der Waals surface area contributed by atoms with Crippen LogP contribution >= 0.6 is 11.8 Å². The number of carboxylic acid groups (broad SMARTS) is 1. The second kappa shape index (κ2) is 8.37. The molecule has 4 amide bonds. The molecule has 2 aliphatic heterocycles. The van der Waals surface area contributed by atoms with Crippen molar-refractivity contribution in [3.63, 3.8) is 0 Å². The highest BCUT2D eigenvalue weighted by Gasteiger charge is 2.60. The van der Waals surface area contributed by atoms with Crippen molar-refractivity contribution < 1.29 is 51.4 Å². The zero-order chi connectivity index (χ0) is 23.8. The fourth-order valence-electron chi connectivity index (χ4n) is 3.29. The van der Waals surface area contributed by atoms with Crippen molar-refractivity contribution >= 4 is 47.4 Å². The lowest BCUT2D eigenvalue weighted by atomic mass is 9.88. The number of furan rings is 1. The summed E-state index contributed by atoms with van der Waals surface area (Å²) in [4.78, 5) is 61.3. The second-order valence-electron chi connectivity index (χ2n) is 7.07. The molecule has 0 bridgehead atoms. The third-order valence-corrected chi connectivity index (χ3v) is 6.46. The van der Waals surface area contributed by atoms with E-state index < -0.39 is 65.9 Å². The number of halogens is 3. The van der Waals surface area contributed by atoms with Crippen molar-refractivity contribution in [2.75, 3.05) is 23.8 Å². The maximum Gasteiger partial charge on any atom is 0.471 e. The number of hydrogen-bond donors (Lipinski definition) is 2. The predicted octanol–water partition coefficient (Wildman–Crippen LogP) is 0.802. The van der Waals surface area contributed by atoms with Gasteiger partial charge in [-0.1, -0.05) is 0 Å². The van der Waals surface area contributed by atoms with Crippen LogP contribution in [0.1, 0.15) is 6.92 Å². The molecule has 1 aromatic rings. The fourth-order valence-corrected chi connectivity index (χ4v) is 4.85. The summed E-state index contributed by atoms with van der Waals surface area (Å²) in [5.41, 5.74) is -1.83. The van der Waals surface area contributed by atoms with Crippen LogP contribution in [0.15, 0.2) is 22.8 Å². The van der Waals surface area contributed by atoms with Crippen molar-refractivity contribution in [1.29, 1.82) is 0 Å². The van der Waals surface area contributed by atoms with E-state index in [2.05, 4.69) is 4.74 Å². The van der Waals surface area contributed by atoms with Crippen LogP contribution in [0, 0.1) is 5.41 Å². The zero-order valence-electron chi connectivity index (χ0n) is 16.2. The molecule has 2 saturated heterocycles. The van der Waals surface area contributed by atoms with Crippen LogP contribution in [0.3, 0.4) is 0 Å². The number of aliphatic carboxylic acids is 1. The normalized spacial score (nSPS) is 24.8. The van der Waals surface area contributed by atoms with Crippen molar-refractivity contribution in [1.82, 2.24) is 10.2 Å². The molecular weight excluding hydrogens is 463 g/mol. The Bertz CT molecular complexity index is 953. The summed E-state index contributed by atoms with van der Waals surface area (Å²) in [6.07, 6.45) is -5.78. The van der Waals surface area contributed by atoms with Gasteiger partial charge in [0.15, 0.2) is 0 Å². The molecule has 11 nitrogen and oxygen atoms in total. The van der Waals surface area contributed by atoms with E-state index >= 15 is 0 Å². The summed E-state index contributed by atoms with van der Waals surface area (Å²) < 4.78 is 46.4. The molecule has 0 saturated carbocycles. The van der Waals surface area contributed by atoms with E-state index in [0.29, 0.717) is 0 Å². The van der Waals surface area contributed by atoms with Crippen LogP contribution in [0.25, 0.3) is 0 Å². The Balaban J connectivity index is 1.69. The number of anilines is 1. The molecule has 0 aliphatic carbocycles. The number of alkyl carbamates (subject to hydrolysis) is 1. The van der Waals surface area contributed by atoms with E-state index in [9.17, 15) is 42.3 Å². The number of hydrogen-bond acceptors (Lipinski definition) is 8. The van der Waals surface area contributed by atoms with Gasteiger partial charge in [-0.15, -0.1) is 11.8 Å². The minimum Gasteiger partial charge on any atom is -0.481 e. The first-order valence-electron chi connectivity index (χ1n) is 8.91. The molecule has 174 valence electrons. The highest BCUT2D eigenvalue weighted by Crippen LogP contribution is 2.45. The Morgan fingerprint density at radius 3 is 2.62 bits per heavy atom. The van der Waals surface area contributed by atoms with Gasteiger partial charge in [-0.25, -0.2) is 4.79 Å². The Labute approximate surface area is 181 Å². The summed E-state index contributed by atoms with van der Waals surface area (Å²) in [5, 5.41) is 9.99. The van der Waals surface area contributed by atoms with Crippen molar-refractivity contribution in [2.45, 2.75) is 24.5 Å². The summed E-state index contributed by atoms with van der Waals surface area (Å²) in [7, 11) is 0. The Hall–Kier alpha value is -3.23. The fraction of sp³-hybridized carbons (Fsp3) is 0.471. The number of rotatable bonds is 5. The molecule has 3 heterocycles. The molecule has 0 aromatic carbocycles. The molecule has 0 spiro atoms. The van der Waals surface area contributed by atoms with Gasteiger partial charge in [-0.05, 0) is 6.07 Å². The second-order valence-corrected chi connectivity index (χ2v) is 8.17. The lowest BCUT2D eigenvalue weighted by molar-refractivity contribution is -0.172. The lowest BCUT2D eigenvalue weighted by Gasteiger charge is -2.55. The molecule has 2 unspecified atom stereocenters. The molecule has 32 heavy (non-hydrogen) atoms. The molecule has 2 aliphatic rings. The van der Waals surface area contributed by atoms with Crippen molar-refractivity contribution in [2.24, 2.45) is 5.41 Å². The summed E-state index contributed by atoms with van der Waals surface area (Å²) in [6.45, 7) is -0.0655. The van der Waals surface area contributed by atoms with Crippen LogP contribution < -0.4 is 10.2 Å². The van der Waals surface area contributed by atoms with E-state index in [1.807, 2.05) is 0 Å². The monoisotopic (exact) mass is 479 g/mol. The quantitative estimate of drug-likeness (QED) is 0.586. The van der Waals surface area contributed by atoms with E-state index in [1.54, 1.807) is 0 Å². The van der Waals surface area contributed by atoms with Gasteiger partial charge in [0.2, 0.25) is 17.7 Å². The van der Waals surface area contributed by atoms with Crippen LogP contribution in [0.4, 0.5) is 23.8 Å². The Kier molecular flexibility index (Phi) is 6.13. The van der Waals surface area contributed by atoms with Crippen LogP contribution in [-0.4, -0.2) is 76.3 Å². The molecular formula is C17H16F3N3O8S. The SMILES string of the molecule is CC(=O)N(c1ccco1)C1C(=O)N2CC(COC(=O)NC(=O)C(F)(F)F)(C(=O)O)CS[C@H]12. The molecule has 2 N–H and O–H groups in total. The van der Waals surface area contributed by atoms with E-state index in [-0.39, 0.29) is 11.6 Å². The van der Waals surface area contributed by atoms with Gasteiger partial charge >= 0.3 is 24.1 Å². The van der Waals surface area contributed by atoms with Gasteiger partial charge in [0.25, 0.3) is 0 Å². The third kappa shape index (κ3) is 4.24. The van der Waals surface area contributed by atoms with Crippen LogP contribution in [0.2, 0.25) is 0 Å². The van der Waals surface area contributed by atoms with Gasteiger partial charge in [-0.3, -0.25) is 29.4 Å². The first kappa shape index (κ1) is 23.4. The summed E-state index contributed by atoms with van der Waals surface area (Å²) >= 11 is 1.00. The number of ether oxygens (including phenoxy) is 1. The number of imide groups is 1. The minimum atomic E-state index is -5.33. The highest BCUT2D eigenvalue weighted by atomic mass is 32.2. The number of carbonyl (C=O) groups is 5. The lowest BCUT2D eigenvalue weighted by Crippen LogP contribution is -2.74. The van der Waals surface area contributed by atoms with Crippen molar-refractivity contribution in [3.8, 4) is 0 Å². The topological polar surface area (TPSA) is 146 Å². The van der Waals surface area contributed by atoms with Crippen molar-refractivity contribution in [3.05, 3.63) is 18.4 Å². The zero-order valence-corrected chi connectivity index (χ0v) is 17.1. The molecule has 0 radical (unpaired) electrons. The van der Waals surface area contributed by atoms with Gasteiger partial charge in [0, 0.05) is 25.3 Å². The van der Waals surface area contributed by atoms with Gasteiger partial charge < -0.3 is 19.2 Å². The molecule has 3 rings (SSSR count). The molecule has 1 aromatic heterocycles. The highest BCUT2D eigenvalue weighted by molar-refractivity contribution is 8.00. The first-order chi connectivity index (χ1) is 14.9. The van der Waals surface area contributed by atoms with Crippen LogP contribution in [-0.2, 0) is 23.9 Å². The number of alkyl halides is 3. The molecule has 3 atom stereocenters. The Morgan fingerprint density at radius 2 is 2.09 bits per heavy atom. The number of nitrogens with one attached hydrogen (secondary N) is 1. The maximum atomic E-state index is 12.7. The third-order valence-electron chi connectivity index (χ3n) is 4.88. The summed E-state index contributed by atoms with van der Waals surface area (Å²) in [6, 6.07) is 2.08. The van der Waals surface area contributed by atoms with Gasteiger partial charge in [-0.2, -0.15) is 13.2 Å². The maximum absolute atomic E-state index is 12.7. The number of carbonyl (C=O) groups excluding carboxylic acids is 4. The smallest absolute Gasteiger partial charge is 0.471 e. The summed E-state index contributed by atoms with van der Waals surface area (Å²) in [5.74, 6) is -5.10. The predicted molar refractivity (Wildman–Crippen MR) is 99.2 cm³/mol. The average molecular weight is 479 g/mol. The first-order valence-corrected chi connectivity index (χ1v) is 9.96. The number of amides is 4. The molecule has 2 fully saturated rings. The molecule has 15 heteroatoms. The average Bonchev–Trinajstić information content (AvgIpc) is 3.23. The number of fused-ring (bicyclic) bond motifs is 1. The van der Waals surface area contributed by atoms with E-state index in [4.69, 9.17) is 4.42 Å².